The normalized spacial score (nSPS) is 17.2. The van der Waals surface area contributed by atoms with E-state index in [1.165, 1.54) is 32.8 Å². The van der Waals surface area contributed by atoms with Gasteiger partial charge < -0.3 is 19.1 Å². The van der Waals surface area contributed by atoms with Gasteiger partial charge >= 0.3 is 16.2 Å². The zero-order chi connectivity index (χ0) is 22.3. The smallest absolute Gasteiger partial charge is 0.407 e. The maximum absolute atomic E-state index is 12.5. The molecule has 1 aromatic carbocycles. The zero-order valence-corrected chi connectivity index (χ0v) is 18.4. The van der Waals surface area contributed by atoms with Crippen molar-refractivity contribution in [3.63, 3.8) is 0 Å². The first-order valence-electron chi connectivity index (χ1n) is 9.43. The summed E-state index contributed by atoms with van der Waals surface area (Å²) in [5.74, 6) is -0.303. The number of hydrogen-bond acceptors (Lipinski definition) is 8. The van der Waals surface area contributed by atoms with Gasteiger partial charge in [0.25, 0.3) is 5.56 Å². The number of hydrogen-bond donors (Lipinski definition) is 1. The van der Waals surface area contributed by atoms with Crippen molar-refractivity contribution in [1.82, 2.24) is 14.3 Å². The molecule has 1 aliphatic rings. The van der Waals surface area contributed by atoms with Gasteiger partial charge in [-0.3, -0.25) is 9.20 Å². The van der Waals surface area contributed by atoms with Gasteiger partial charge in [0.1, 0.15) is 9.90 Å². The van der Waals surface area contributed by atoms with Gasteiger partial charge in [-0.2, -0.15) is 13.4 Å². The van der Waals surface area contributed by atoms with Gasteiger partial charge in [-0.15, -0.1) is 0 Å². The minimum Gasteiger partial charge on any atom is -0.465 e. The summed E-state index contributed by atoms with van der Waals surface area (Å²) in [7, 11) is -4.13. The molecule has 1 N–H and O–H groups in total. The quantitative estimate of drug-likeness (QED) is 0.582. The van der Waals surface area contributed by atoms with Gasteiger partial charge in [-0.05, 0) is 26.0 Å². The molecule has 0 bridgehead atoms. The van der Waals surface area contributed by atoms with Crippen molar-refractivity contribution in [3.05, 3.63) is 52.4 Å². The average molecular weight is 465 g/mol. The number of anilines is 1. The first kappa shape index (κ1) is 21.1. The Labute approximate surface area is 182 Å². The molecule has 2 aromatic heterocycles. The van der Waals surface area contributed by atoms with E-state index in [0.717, 1.165) is 16.6 Å². The summed E-state index contributed by atoms with van der Waals surface area (Å²) < 4.78 is 31.4. The van der Waals surface area contributed by atoms with E-state index in [-0.39, 0.29) is 21.8 Å². The van der Waals surface area contributed by atoms with E-state index >= 15 is 0 Å². The predicted molar refractivity (Wildman–Crippen MR) is 115 cm³/mol. The number of nitrogens with zero attached hydrogens (tertiary/aromatic N) is 4. The zero-order valence-electron chi connectivity index (χ0n) is 16.8. The molecule has 0 spiro atoms. The van der Waals surface area contributed by atoms with Crippen LogP contribution in [0.1, 0.15) is 12.5 Å². The molecule has 31 heavy (non-hydrogen) atoms. The lowest BCUT2D eigenvalue weighted by Gasteiger charge is -2.38. The molecule has 0 unspecified atom stereocenters. The predicted octanol–water partition coefficient (Wildman–Crippen LogP) is 2.02. The fraction of sp³-hybridized carbons (Fsp3) is 0.316. The van der Waals surface area contributed by atoms with Crippen molar-refractivity contribution in [2.24, 2.45) is 0 Å². The van der Waals surface area contributed by atoms with Crippen molar-refractivity contribution in [3.8, 4) is 5.88 Å². The highest BCUT2D eigenvalue weighted by Crippen LogP contribution is 2.28. The standard InChI is InChI=1S/C19H20N4O6S2/c1-12-3-5-14(6-4-12)31(27,28)29-15-9-16(24)23-11-17(30-18(23)20-15)21-7-8-22(19(25)26)13(2)10-21/h3-6,9,11,13H,7-8,10H2,1-2H3,(H,25,26)/t13-/m1/s1. The Morgan fingerprint density at radius 2 is 1.97 bits per heavy atom. The van der Waals surface area contributed by atoms with Gasteiger partial charge in [0.05, 0.1) is 6.07 Å². The van der Waals surface area contributed by atoms with E-state index in [4.69, 9.17) is 4.18 Å². The Morgan fingerprint density at radius 1 is 1.26 bits per heavy atom. The average Bonchev–Trinajstić information content (AvgIpc) is 3.12. The topological polar surface area (TPSA) is 122 Å². The van der Waals surface area contributed by atoms with Crippen LogP contribution in [0.5, 0.6) is 5.88 Å². The Kier molecular flexibility index (Phi) is 5.35. The highest BCUT2D eigenvalue weighted by atomic mass is 32.2. The number of carboxylic acid groups (broad SMARTS) is 1. The van der Waals surface area contributed by atoms with E-state index in [2.05, 4.69) is 4.98 Å². The monoisotopic (exact) mass is 464 g/mol. The molecule has 1 atom stereocenters. The van der Waals surface area contributed by atoms with Crippen LogP contribution in [0, 0.1) is 6.92 Å². The molecule has 10 nitrogen and oxygen atoms in total. The summed E-state index contributed by atoms with van der Waals surface area (Å²) in [5.41, 5.74) is 0.431. The van der Waals surface area contributed by atoms with Crippen LogP contribution in [0.15, 0.2) is 46.2 Å². The molecule has 4 rings (SSSR count). The number of carbonyl (C=O) groups is 1. The Bertz CT molecular complexity index is 1300. The second-order valence-electron chi connectivity index (χ2n) is 7.28. The number of aryl methyl sites for hydroxylation is 1. The summed E-state index contributed by atoms with van der Waals surface area (Å²) >= 11 is 1.20. The third-order valence-corrected chi connectivity index (χ3v) is 7.30. The van der Waals surface area contributed by atoms with Crippen LogP contribution in [0.4, 0.5) is 9.80 Å². The third-order valence-electron chi connectivity index (χ3n) is 5.02. The third kappa shape index (κ3) is 4.21. The van der Waals surface area contributed by atoms with Crippen LogP contribution < -0.4 is 14.6 Å². The highest BCUT2D eigenvalue weighted by molar-refractivity contribution is 7.87. The van der Waals surface area contributed by atoms with Gasteiger partial charge in [0.2, 0.25) is 10.8 Å². The Balaban J connectivity index is 1.60. The molecule has 3 aromatic rings. The van der Waals surface area contributed by atoms with Crippen molar-refractivity contribution in [2.45, 2.75) is 24.8 Å². The van der Waals surface area contributed by atoms with Crippen LogP contribution in [-0.2, 0) is 10.1 Å². The first-order chi connectivity index (χ1) is 14.6. The van der Waals surface area contributed by atoms with Gasteiger partial charge in [0.15, 0.2) is 0 Å². The molecule has 1 amide bonds. The summed E-state index contributed by atoms with van der Waals surface area (Å²) in [6.45, 7) is 4.95. The number of thiazole rings is 1. The van der Waals surface area contributed by atoms with Crippen LogP contribution in [0.3, 0.4) is 0 Å². The molecule has 1 fully saturated rings. The molecule has 12 heteroatoms. The molecule has 1 saturated heterocycles. The van der Waals surface area contributed by atoms with Crippen molar-refractivity contribution >= 4 is 37.5 Å². The van der Waals surface area contributed by atoms with Gasteiger partial charge in [0, 0.05) is 31.9 Å². The number of piperazine rings is 1. The van der Waals surface area contributed by atoms with E-state index in [1.54, 1.807) is 18.3 Å². The molecule has 3 heterocycles. The Morgan fingerprint density at radius 3 is 2.61 bits per heavy atom. The molecule has 164 valence electrons. The second-order valence-corrected chi connectivity index (χ2v) is 9.81. The molecule has 1 aliphatic heterocycles. The summed E-state index contributed by atoms with van der Waals surface area (Å²) in [4.78, 5) is 31.6. The van der Waals surface area contributed by atoms with Crippen LogP contribution in [0.2, 0.25) is 0 Å². The maximum Gasteiger partial charge on any atom is 0.407 e. The van der Waals surface area contributed by atoms with E-state index in [1.807, 2.05) is 18.7 Å². The molecule has 0 aliphatic carbocycles. The number of amides is 1. The van der Waals surface area contributed by atoms with E-state index in [9.17, 15) is 23.1 Å². The fourth-order valence-electron chi connectivity index (χ4n) is 3.37. The molecule has 0 radical (unpaired) electrons. The Hall–Kier alpha value is -3.12. The fourth-order valence-corrected chi connectivity index (χ4v) is 5.26. The van der Waals surface area contributed by atoms with Gasteiger partial charge in [-0.1, -0.05) is 29.0 Å². The van der Waals surface area contributed by atoms with E-state index in [0.29, 0.717) is 19.6 Å². The maximum atomic E-state index is 12.5. The van der Waals surface area contributed by atoms with Gasteiger partial charge in [-0.25, -0.2) is 4.79 Å². The van der Waals surface area contributed by atoms with Crippen LogP contribution in [0.25, 0.3) is 4.96 Å². The molecule has 0 saturated carbocycles. The first-order valence-corrected chi connectivity index (χ1v) is 11.7. The molecular formula is C19H20N4O6S2. The lowest BCUT2D eigenvalue weighted by Crippen LogP contribution is -2.53. The minimum atomic E-state index is -4.13. The van der Waals surface area contributed by atoms with Crippen molar-refractivity contribution < 1.29 is 22.5 Å². The number of fused-ring (bicyclic) bond motifs is 1. The minimum absolute atomic E-state index is 0.0303. The lowest BCUT2D eigenvalue weighted by molar-refractivity contribution is 0.123. The van der Waals surface area contributed by atoms with Crippen molar-refractivity contribution in [2.75, 3.05) is 24.5 Å². The summed E-state index contributed by atoms with van der Waals surface area (Å²) in [6, 6.07) is 6.98. The van der Waals surface area contributed by atoms with Crippen molar-refractivity contribution in [1.29, 1.82) is 0 Å². The number of aromatic nitrogens is 2. The SMILES string of the molecule is Cc1ccc(S(=O)(=O)Oc2cc(=O)n3cc(N4CCN(C(=O)O)[C@H](C)C4)sc3n2)cc1. The summed E-state index contributed by atoms with van der Waals surface area (Å²) in [5, 5.41) is 9.96. The van der Waals surface area contributed by atoms with E-state index < -0.39 is 21.8 Å². The van der Waals surface area contributed by atoms with Crippen LogP contribution in [-0.4, -0.2) is 59.6 Å². The summed E-state index contributed by atoms with van der Waals surface area (Å²) in [6.07, 6.45) is 0.662. The number of benzene rings is 1. The molecular weight excluding hydrogens is 444 g/mol. The highest BCUT2D eigenvalue weighted by Gasteiger charge is 2.28. The van der Waals surface area contributed by atoms with Crippen LogP contribution >= 0.6 is 11.3 Å². The number of rotatable bonds is 4. The lowest BCUT2D eigenvalue weighted by atomic mass is 10.2. The largest absolute Gasteiger partial charge is 0.465 e. The second kappa shape index (κ2) is 7.85.